The molecule has 0 fully saturated rings. The van der Waals surface area contributed by atoms with Gasteiger partial charge in [0.2, 0.25) is 0 Å². The molecule has 118 valence electrons. The molecule has 3 rings (SSSR count). The molecule has 0 radical (unpaired) electrons. The summed E-state index contributed by atoms with van der Waals surface area (Å²) in [5, 5.41) is 0. The van der Waals surface area contributed by atoms with Crippen LogP contribution in [0.5, 0.6) is 0 Å². The van der Waals surface area contributed by atoms with E-state index in [1.807, 2.05) is 0 Å². The lowest BCUT2D eigenvalue weighted by Gasteiger charge is -2.37. The molecule has 23 heavy (non-hydrogen) atoms. The molecule has 3 aromatic carbocycles. The highest BCUT2D eigenvalue weighted by atomic mass is 32.8. The fraction of sp³-hybridized carbons (Fsp3) is 0.143. The summed E-state index contributed by atoms with van der Waals surface area (Å²) in [5.41, 5.74) is 3.90. The minimum atomic E-state index is -1.31. The zero-order valence-corrected chi connectivity index (χ0v) is 15.9. The van der Waals surface area contributed by atoms with E-state index in [1.54, 1.807) is 0 Å². The molecule has 0 aliphatic heterocycles. The highest BCUT2D eigenvalue weighted by Crippen LogP contribution is 2.74. The first-order chi connectivity index (χ1) is 11.0. The molecule has 1 atom stereocenters. The second-order valence-electron chi connectivity index (χ2n) is 6.10. The molecule has 0 saturated heterocycles. The topological polar surface area (TPSA) is 0 Å². The predicted molar refractivity (Wildman–Crippen MR) is 106 cm³/mol. The summed E-state index contributed by atoms with van der Waals surface area (Å²) in [7, 11) is 1.88. The van der Waals surface area contributed by atoms with Gasteiger partial charge in [0, 0.05) is 14.7 Å². The van der Waals surface area contributed by atoms with Crippen molar-refractivity contribution in [3.05, 3.63) is 89.5 Å². The number of aryl methyl sites for hydroxylation is 3. The van der Waals surface area contributed by atoms with Crippen LogP contribution in [0.15, 0.2) is 87.5 Å². The highest BCUT2D eigenvalue weighted by Gasteiger charge is 2.25. The smallest absolute Gasteiger partial charge is 0.00133 e. The average Bonchev–Trinajstić information content (AvgIpc) is 2.56. The van der Waals surface area contributed by atoms with Gasteiger partial charge in [0.15, 0.2) is 0 Å². The first-order valence-electron chi connectivity index (χ1n) is 7.81. The standard InChI is InChI=1S/C21H23PS/c1-16-4-10-19(11-5-16)23(22,20-12-6-17(2)7-13-20)21-14-8-18(3)9-15-21/h4-15H,22H2,1-3H3. The lowest BCUT2D eigenvalue weighted by atomic mass is 10.2. The molecule has 0 nitrogen and oxygen atoms in total. The second kappa shape index (κ2) is 6.51. The van der Waals surface area contributed by atoms with Crippen molar-refractivity contribution in [3.8, 4) is 0 Å². The van der Waals surface area contributed by atoms with Crippen molar-refractivity contribution in [1.29, 1.82) is 0 Å². The summed E-state index contributed by atoms with van der Waals surface area (Å²) in [5.74, 6) is 0. The van der Waals surface area contributed by atoms with E-state index in [1.165, 1.54) is 31.4 Å². The van der Waals surface area contributed by atoms with Crippen LogP contribution in [0.3, 0.4) is 0 Å². The number of hydrogen-bond donors (Lipinski definition) is 0. The maximum Gasteiger partial charge on any atom is 0.00133 e. The van der Waals surface area contributed by atoms with E-state index in [-0.39, 0.29) is 0 Å². The molecule has 0 N–H and O–H groups in total. The molecule has 0 aliphatic rings. The molecular formula is C21H23PS. The SMILES string of the molecule is Cc1ccc(S(P)(c2ccc(C)cc2)c2ccc(C)cc2)cc1. The molecule has 0 spiro atoms. The van der Waals surface area contributed by atoms with Gasteiger partial charge in [-0.1, -0.05) is 61.5 Å². The number of benzene rings is 3. The Kier molecular flexibility index (Phi) is 4.62. The summed E-state index contributed by atoms with van der Waals surface area (Å²) in [6, 6.07) is 26.9. The monoisotopic (exact) mass is 338 g/mol. The molecule has 0 saturated carbocycles. The molecule has 0 aliphatic carbocycles. The molecule has 0 bridgehead atoms. The van der Waals surface area contributed by atoms with Crippen molar-refractivity contribution in [2.45, 2.75) is 35.5 Å². The molecular weight excluding hydrogens is 315 g/mol. The van der Waals surface area contributed by atoms with Crippen LogP contribution in [0.25, 0.3) is 0 Å². The Morgan fingerprint density at radius 2 is 0.696 bits per heavy atom. The summed E-state index contributed by atoms with van der Waals surface area (Å²) >= 11 is 0. The van der Waals surface area contributed by atoms with E-state index in [4.69, 9.17) is 0 Å². The van der Waals surface area contributed by atoms with Gasteiger partial charge in [0.1, 0.15) is 0 Å². The van der Waals surface area contributed by atoms with E-state index in [9.17, 15) is 0 Å². The Labute approximate surface area is 143 Å². The normalized spacial score (nSPS) is 12.2. The Morgan fingerprint density at radius 1 is 0.478 bits per heavy atom. The van der Waals surface area contributed by atoms with Crippen molar-refractivity contribution >= 4 is 18.1 Å². The van der Waals surface area contributed by atoms with Crippen LogP contribution in [0.1, 0.15) is 16.7 Å². The van der Waals surface area contributed by atoms with Crippen LogP contribution in [0.4, 0.5) is 0 Å². The highest BCUT2D eigenvalue weighted by molar-refractivity contribution is 8.68. The van der Waals surface area contributed by atoms with Gasteiger partial charge < -0.3 is 0 Å². The van der Waals surface area contributed by atoms with E-state index in [2.05, 4.69) is 102 Å². The lowest BCUT2D eigenvalue weighted by molar-refractivity contribution is 1.28. The van der Waals surface area contributed by atoms with Crippen LogP contribution in [-0.2, 0) is 0 Å². The molecule has 0 amide bonds. The summed E-state index contributed by atoms with van der Waals surface area (Å²) in [4.78, 5) is 4.13. The summed E-state index contributed by atoms with van der Waals surface area (Å²) < 4.78 is 0. The Hall–Kier alpha value is -1.56. The van der Waals surface area contributed by atoms with E-state index >= 15 is 0 Å². The van der Waals surface area contributed by atoms with Crippen LogP contribution in [0.2, 0.25) is 0 Å². The third-order valence-corrected chi connectivity index (χ3v) is 9.68. The van der Waals surface area contributed by atoms with Crippen molar-refractivity contribution in [3.63, 3.8) is 0 Å². The van der Waals surface area contributed by atoms with Gasteiger partial charge in [-0.05, 0) is 57.2 Å². The van der Waals surface area contributed by atoms with Gasteiger partial charge in [-0.2, -0.15) is 0 Å². The Balaban J connectivity index is 2.21. The van der Waals surface area contributed by atoms with Gasteiger partial charge in [-0.3, -0.25) is 0 Å². The van der Waals surface area contributed by atoms with Crippen molar-refractivity contribution in [2.75, 3.05) is 0 Å². The lowest BCUT2D eigenvalue weighted by Crippen LogP contribution is -1.96. The fourth-order valence-electron chi connectivity index (χ4n) is 2.67. The zero-order chi connectivity index (χ0) is 16.4. The van der Waals surface area contributed by atoms with E-state index in [0.29, 0.717) is 0 Å². The number of hydrogen-bond acceptors (Lipinski definition) is 0. The van der Waals surface area contributed by atoms with E-state index in [0.717, 1.165) is 0 Å². The third-order valence-electron chi connectivity index (χ3n) is 4.18. The van der Waals surface area contributed by atoms with E-state index < -0.39 is 9.65 Å². The maximum atomic E-state index is 3.19. The summed E-state index contributed by atoms with van der Waals surface area (Å²) in [6.07, 6.45) is 0. The number of rotatable bonds is 3. The third kappa shape index (κ3) is 3.22. The largest absolute Gasteiger partial charge is 0.145 e. The van der Waals surface area contributed by atoms with Gasteiger partial charge in [-0.25, -0.2) is 0 Å². The first kappa shape index (κ1) is 16.3. The van der Waals surface area contributed by atoms with Crippen molar-refractivity contribution in [1.82, 2.24) is 0 Å². The Morgan fingerprint density at radius 3 is 0.913 bits per heavy atom. The van der Waals surface area contributed by atoms with Gasteiger partial charge >= 0.3 is 0 Å². The zero-order valence-electron chi connectivity index (χ0n) is 13.9. The molecule has 2 heteroatoms. The first-order valence-corrected chi connectivity index (χ1v) is 10.9. The minimum absolute atomic E-state index is 1.30. The van der Waals surface area contributed by atoms with Gasteiger partial charge in [0.25, 0.3) is 0 Å². The van der Waals surface area contributed by atoms with Gasteiger partial charge in [-0.15, -0.1) is 9.65 Å². The fourth-order valence-corrected chi connectivity index (χ4v) is 6.59. The van der Waals surface area contributed by atoms with Crippen LogP contribution < -0.4 is 0 Å². The molecule has 0 heterocycles. The predicted octanol–water partition coefficient (Wildman–Crippen LogP) is 6.68. The average molecular weight is 338 g/mol. The van der Waals surface area contributed by atoms with Crippen LogP contribution in [-0.4, -0.2) is 0 Å². The quantitative estimate of drug-likeness (QED) is 0.467. The maximum absolute atomic E-state index is 3.19. The van der Waals surface area contributed by atoms with Crippen molar-refractivity contribution < 1.29 is 0 Å². The van der Waals surface area contributed by atoms with Gasteiger partial charge in [0.05, 0.1) is 0 Å². The van der Waals surface area contributed by atoms with Crippen molar-refractivity contribution in [2.24, 2.45) is 0 Å². The minimum Gasteiger partial charge on any atom is -0.145 e. The van der Waals surface area contributed by atoms with Crippen LogP contribution in [0, 0.1) is 20.8 Å². The second-order valence-corrected chi connectivity index (χ2v) is 11.0. The molecule has 1 unspecified atom stereocenters. The summed E-state index contributed by atoms with van der Waals surface area (Å²) in [6.45, 7) is 6.42. The van der Waals surface area contributed by atoms with Crippen LogP contribution >= 0.6 is 18.1 Å². The molecule has 3 aromatic rings. The Bertz CT molecular complexity index is 676. The molecule has 0 aromatic heterocycles.